The summed E-state index contributed by atoms with van der Waals surface area (Å²) in [6.45, 7) is 1.95. The second kappa shape index (κ2) is 10.6. The molecule has 0 aliphatic heterocycles. The number of carboxylic acid groups (broad SMARTS) is 1. The number of hydrogen-bond donors (Lipinski definition) is 3. The van der Waals surface area contributed by atoms with Gasteiger partial charge in [-0.3, -0.25) is 9.59 Å². The molecule has 0 aromatic heterocycles. The van der Waals surface area contributed by atoms with Crippen LogP contribution in [-0.2, 0) is 9.59 Å². The fraction of sp³-hybridized carbons (Fsp3) is 0.778. The molecule has 1 rings (SSSR count). The van der Waals surface area contributed by atoms with Gasteiger partial charge in [0.1, 0.15) is 5.78 Å². The molecule has 0 spiro atoms. The highest BCUT2D eigenvalue weighted by atomic mass is 16.4. The lowest BCUT2D eigenvalue weighted by molar-refractivity contribution is -0.137. The first-order valence-electron chi connectivity index (χ1n) is 8.74. The molecule has 1 fully saturated rings. The molecule has 0 aromatic rings. The first-order chi connectivity index (χ1) is 11.0. The van der Waals surface area contributed by atoms with Gasteiger partial charge in [0.25, 0.3) is 0 Å². The van der Waals surface area contributed by atoms with Gasteiger partial charge in [-0.25, -0.2) is 0 Å². The Balaban J connectivity index is 2.19. The summed E-state index contributed by atoms with van der Waals surface area (Å²) in [6, 6.07) is 0. The van der Waals surface area contributed by atoms with Gasteiger partial charge in [-0.05, 0) is 19.3 Å². The molecule has 0 saturated heterocycles. The van der Waals surface area contributed by atoms with E-state index in [2.05, 4.69) is 0 Å². The van der Waals surface area contributed by atoms with E-state index in [-0.39, 0.29) is 30.5 Å². The molecule has 5 heteroatoms. The highest BCUT2D eigenvalue weighted by molar-refractivity contribution is 5.84. The SMILES string of the molecule is CC[C@H]1C(=O)C[C@H](O)[C@H]1/C=C/[C@H](O)CCCCCCCC(=O)O. The Labute approximate surface area is 138 Å². The van der Waals surface area contributed by atoms with Gasteiger partial charge in [0.15, 0.2) is 0 Å². The lowest BCUT2D eigenvalue weighted by Gasteiger charge is -2.16. The molecular formula is C18H30O5. The van der Waals surface area contributed by atoms with E-state index in [1.165, 1.54) is 0 Å². The Morgan fingerprint density at radius 1 is 1.26 bits per heavy atom. The van der Waals surface area contributed by atoms with Crippen LogP contribution >= 0.6 is 0 Å². The quantitative estimate of drug-likeness (QED) is 0.401. The van der Waals surface area contributed by atoms with Gasteiger partial charge in [0.05, 0.1) is 12.2 Å². The molecule has 0 heterocycles. The second-order valence-electron chi connectivity index (χ2n) is 6.48. The zero-order valence-electron chi connectivity index (χ0n) is 14.0. The van der Waals surface area contributed by atoms with E-state index in [1.54, 1.807) is 12.2 Å². The predicted molar refractivity (Wildman–Crippen MR) is 88.0 cm³/mol. The Kier molecular flexibility index (Phi) is 9.10. The van der Waals surface area contributed by atoms with E-state index in [0.717, 1.165) is 32.1 Å². The van der Waals surface area contributed by atoms with Gasteiger partial charge in [-0.15, -0.1) is 0 Å². The maximum absolute atomic E-state index is 11.7. The van der Waals surface area contributed by atoms with Crippen LogP contribution in [0.15, 0.2) is 12.2 Å². The molecule has 1 aliphatic carbocycles. The zero-order valence-corrected chi connectivity index (χ0v) is 14.0. The number of ketones is 1. The van der Waals surface area contributed by atoms with Crippen LogP contribution in [0.5, 0.6) is 0 Å². The van der Waals surface area contributed by atoms with Crippen molar-refractivity contribution in [2.24, 2.45) is 11.8 Å². The number of carboxylic acids is 1. The average molecular weight is 326 g/mol. The molecule has 0 unspecified atom stereocenters. The molecule has 0 bridgehead atoms. The third-order valence-electron chi connectivity index (χ3n) is 4.62. The lowest BCUT2D eigenvalue weighted by atomic mass is 9.91. The summed E-state index contributed by atoms with van der Waals surface area (Å²) >= 11 is 0. The molecule has 132 valence electrons. The van der Waals surface area contributed by atoms with E-state index >= 15 is 0 Å². The van der Waals surface area contributed by atoms with Gasteiger partial charge in [0, 0.05) is 24.7 Å². The van der Waals surface area contributed by atoms with Gasteiger partial charge in [0.2, 0.25) is 0 Å². The second-order valence-corrected chi connectivity index (χ2v) is 6.48. The van der Waals surface area contributed by atoms with Crippen LogP contribution in [0.2, 0.25) is 0 Å². The van der Waals surface area contributed by atoms with Gasteiger partial charge in [-0.1, -0.05) is 44.8 Å². The van der Waals surface area contributed by atoms with E-state index < -0.39 is 18.2 Å². The Morgan fingerprint density at radius 3 is 2.57 bits per heavy atom. The molecule has 0 aromatic carbocycles. The van der Waals surface area contributed by atoms with Crippen molar-refractivity contribution in [1.82, 2.24) is 0 Å². The third-order valence-corrected chi connectivity index (χ3v) is 4.62. The van der Waals surface area contributed by atoms with Gasteiger partial charge in [-0.2, -0.15) is 0 Å². The van der Waals surface area contributed by atoms with Crippen molar-refractivity contribution in [2.75, 3.05) is 0 Å². The maximum atomic E-state index is 11.7. The number of hydrogen-bond acceptors (Lipinski definition) is 4. The summed E-state index contributed by atoms with van der Waals surface area (Å²) in [5, 5.41) is 28.4. The smallest absolute Gasteiger partial charge is 0.303 e. The van der Waals surface area contributed by atoms with Crippen molar-refractivity contribution >= 4 is 11.8 Å². The summed E-state index contributed by atoms with van der Waals surface area (Å²) in [5.74, 6) is -0.921. The summed E-state index contributed by atoms with van der Waals surface area (Å²) in [7, 11) is 0. The van der Waals surface area contributed by atoms with E-state index in [9.17, 15) is 19.8 Å². The minimum Gasteiger partial charge on any atom is -0.481 e. The third kappa shape index (κ3) is 7.27. The number of aliphatic hydroxyl groups excluding tert-OH is 2. The van der Waals surface area contributed by atoms with E-state index in [0.29, 0.717) is 12.8 Å². The lowest BCUT2D eigenvalue weighted by Crippen LogP contribution is -2.18. The molecule has 4 atom stereocenters. The van der Waals surface area contributed by atoms with Crippen molar-refractivity contribution in [3.8, 4) is 0 Å². The monoisotopic (exact) mass is 326 g/mol. The van der Waals surface area contributed by atoms with E-state index in [4.69, 9.17) is 5.11 Å². The number of unbranched alkanes of at least 4 members (excludes halogenated alkanes) is 4. The number of Topliss-reactive ketones (excluding diaryl/α,β-unsaturated/α-hetero) is 1. The predicted octanol–water partition coefficient (Wildman–Crippen LogP) is 2.69. The van der Waals surface area contributed by atoms with Crippen LogP contribution in [-0.4, -0.2) is 39.3 Å². The van der Waals surface area contributed by atoms with Crippen molar-refractivity contribution in [3.05, 3.63) is 12.2 Å². The van der Waals surface area contributed by atoms with Crippen LogP contribution in [0, 0.1) is 11.8 Å². The zero-order chi connectivity index (χ0) is 17.2. The number of aliphatic carboxylic acids is 1. The van der Waals surface area contributed by atoms with Crippen LogP contribution < -0.4 is 0 Å². The van der Waals surface area contributed by atoms with Gasteiger partial charge >= 0.3 is 5.97 Å². The minimum absolute atomic E-state index is 0.116. The molecule has 3 N–H and O–H groups in total. The molecule has 0 amide bonds. The first-order valence-corrected chi connectivity index (χ1v) is 8.74. The maximum Gasteiger partial charge on any atom is 0.303 e. The fourth-order valence-electron chi connectivity index (χ4n) is 3.25. The Bertz CT molecular complexity index is 404. The molecule has 1 saturated carbocycles. The first kappa shape index (κ1) is 19.8. The van der Waals surface area contributed by atoms with Crippen LogP contribution in [0.25, 0.3) is 0 Å². The molecule has 0 radical (unpaired) electrons. The Hall–Kier alpha value is -1.20. The van der Waals surface area contributed by atoms with Crippen molar-refractivity contribution < 1.29 is 24.9 Å². The summed E-state index contributed by atoms with van der Waals surface area (Å²) in [4.78, 5) is 22.1. The van der Waals surface area contributed by atoms with Crippen molar-refractivity contribution in [1.29, 1.82) is 0 Å². The fourth-order valence-corrected chi connectivity index (χ4v) is 3.25. The summed E-state index contributed by atoms with van der Waals surface area (Å²) in [5.41, 5.74) is 0. The van der Waals surface area contributed by atoms with Gasteiger partial charge < -0.3 is 15.3 Å². The van der Waals surface area contributed by atoms with Crippen LogP contribution in [0.3, 0.4) is 0 Å². The average Bonchev–Trinajstić information content (AvgIpc) is 2.76. The molecule has 5 nitrogen and oxygen atoms in total. The number of aliphatic hydroxyl groups is 2. The molecular weight excluding hydrogens is 296 g/mol. The van der Waals surface area contributed by atoms with Crippen molar-refractivity contribution in [2.45, 2.75) is 76.9 Å². The van der Waals surface area contributed by atoms with Crippen LogP contribution in [0.4, 0.5) is 0 Å². The summed E-state index contributed by atoms with van der Waals surface area (Å²) < 4.78 is 0. The Morgan fingerprint density at radius 2 is 1.91 bits per heavy atom. The largest absolute Gasteiger partial charge is 0.481 e. The highest BCUT2D eigenvalue weighted by Gasteiger charge is 2.38. The minimum atomic E-state index is -0.747. The number of carbonyl (C=O) groups is 2. The normalized spacial score (nSPS) is 26.0. The highest BCUT2D eigenvalue weighted by Crippen LogP contribution is 2.32. The number of rotatable bonds is 11. The van der Waals surface area contributed by atoms with E-state index in [1.807, 2.05) is 6.92 Å². The van der Waals surface area contributed by atoms with Crippen LogP contribution in [0.1, 0.15) is 64.7 Å². The molecule has 23 heavy (non-hydrogen) atoms. The summed E-state index contributed by atoms with van der Waals surface area (Å²) in [6.07, 6.45) is 8.65. The number of carbonyl (C=O) groups excluding carboxylic acids is 1. The molecule has 1 aliphatic rings. The standard InChI is InChI=1S/C18H30O5/c1-2-14-15(17(21)12-16(14)20)11-10-13(19)8-6-4-3-5-7-9-18(22)23/h10-11,13-15,17,19,21H,2-9,12H2,1H3,(H,22,23)/b11-10+/t13-,14-,15+,17+/m1/s1. The topological polar surface area (TPSA) is 94.8 Å². The van der Waals surface area contributed by atoms with Crippen molar-refractivity contribution in [3.63, 3.8) is 0 Å².